The van der Waals surface area contributed by atoms with Gasteiger partial charge in [0.25, 0.3) is 5.91 Å². The predicted molar refractivity (Wildman–Crippen MR) is 113 cm³/mol. The van der Waals surface area contributed by atoms with Gasteiger partial charge >= 0.3 is 0 Å². The van der Waals surface area contributed by atoms with Crippen LogP contribution in [0.25, 0.3) is 11.8 Å². The predicted octanol–water partition coefficient (Wildman–Crippen LogP) is 1.63. The van der Waals surface area contributed by atoms with Gasteiger partial charge in [0.15, 0.2) is 5.82 Å². The maximum atomic E-state index is 13.4. The maximum Gasteiger partial charge on any atom is 0.272 e. The highest BCUT2D eigenvalue weighted by Crippen LogP contribution is 2.20. The first-order chi connectivity index (χ1) is 15.0. The molecule has 1 aliphatic rings. The Labute approximate surface area is 180 Å². The van der Waals surface area contributed by atoms with Gasteiger partial charge in [-0.2, -0.15) is 4.68 Å². The first-order valence-corrected chi connectivity index (χ1v) is 10.1. The number of methoxy groups -OCH3 is 1. The van der Waals surface area contributed by atoms with Crippen molar-refractivity contribution in [2.75, 3.05) is 33.3 Å². The van der Waals surface area contributed by atoms with E-state index in [4.69, 9.17) is 9.26 Å². The lowest BCUT2D eigenvalue weighted by atomic mass is 10.1. The molecule has 0 spiro atoms. The number of hydrogen-bond donors (Lipinski definition) is 0. The third-order valence-corrected chi connectivity index (χ3v) is 5.19. The maximum absolute atomic E-state index is 13.4. The van der Waals surface area contributed by atoms with Crippen molar-refractivity contribution < 1.29 is 14.1 Å². The summed E-state index contributed by atoms with van der Waals surface area (Å²) in [4.78, 5) is 17.5. The van der Waals surface area contributed by atoms with Crippen LogP contribution < -0.4 is 4.74 Å². The molecule has 3 aromatic rings. The van der Waals surface area contributed by atoms with E-state index in [0.29, 0.717) is 36.9 Å². The quantitative estimate of drug-likeness (QED) is 0.551. The largest absolute Gasteiger partial charge is 0.497 e. The van der Waals surface area contributed by atoms with Crippen LogP contribution in [0.4, 0.5) is 0 Å². The molecule has 1 saturated heterocycles. The van der Waals surface area contributed by atoms with Crippen LogP contribution in [0.2, 0.25) is 0 Å². The lowest BCUT2D eigenvalue weighted by Gasteiger charge is -2.34. The third kappa shape index (κ3) is 4.80. The zero-order chi connectivity index (χ0) is 21.8. The van der Waals surface area contributed by atoms with Crippen molar-refractivity contribution in [3.8, 4) is 5.75 Å². The number of nitrogens with zero attached hydrogens (tertiary/aromatic N) is 7. The van der Waals surface area contributed by atoms with Gasteiger partial charge in [-0.15, -0.1) is 5.10 Å². The molecule has 3 heterocycles. The molecule has 4 rings (SSSR count). The summed E-state index contributed by atoms with van der Waals surface area (Å²) in [5.41, 5.74) is 2.13. The highest BCUT2D eigenvalue weighted by molar-refractivity contribution is 6.18. The number of rotatable bonds is 6. The van der Waals surface area contributed by atoms with Crippen molar-refractivity contribution in [2.45, 2.75) is 20.4 Å². The molecule has 1 aliphatic heterocycles. The van der Waals surface area contributed by atoms with Crippen molar-refractivity contribution in [3.05, 3.63) is 53.2 Å². The number of carbonyl (C=O) groups is 1. The van der Waals surface area contributed by atoms with Crippen LogP contribution in [-0.4, -0.2) is 74.4 Å². The summed E-state index contributed by atoms with van der Waals surface area (Å²) >= 11 is 0. The van der Waals surface area contributed by atoms with E-state index in [1.807, 2.05) is 42.2 Å². The summed E-state index contributed by atoms with van der Waals surface area (Å²) in [5.74, 6) is 1.94. The van der Waals surface area contributed by atoms with Crippen LogP contribution in [0.1, 0.15) is 22.8 Å². The average molecular weight is 423 g/mol. The number of tetrazole rings is 1. The zero-order valence-electron chi connectivity index (χ0n) is 17.9. The topological polar surface area (TPSA) is 102 Å². The van der Waals surface area contributed by atoms with Crippen LogP contribution in [0.15, 0.2) is 34.9 Å². The first kappa shape index (κ1) is 20.7. The van der Waals surface area contributed by atoms with Crippen LogP contribution in [0, 0.1) is 13.8 Å². The molecule has 162 valence electrons. The molecule has 31 heavy (non-hydrogen) atoms. The van der Waals surface area contributed by atoms with Crippen LogP contribution in [0.5, 0.6) is 5.75 Å². The molecule has 1 fully saturated rings. The molecule has 1 amide bonds. The summed E-state index contributed by atoms with van der Waals surface area (Å²) in [7, 11) is 1.61. The molecule has 0 N–H and O–H groups in total. The Morgan fingerprint density at radius 3 is 2.65 bits per heavy atom. The van der Waals surface area contributed by atoms with Gasteiger partial charge in [0.1, 0.15) is 17.2 Å². The minimum absolute atomic E-state index is 0.116. The smallest absolute Gasteiger partial charge is 0.272 e. The van der Waals surface area contributed by atoms with E-state index in [1.54, 1.807) is 20.1 Å². The molecule has 0 radical (unpaired) electrons. The summed E-state index contributed by atoms with van der Waals surface area (Å²) in [6, 6.07) is 9.45. The van der Waals surface area contributed by atoms with Crippen molar-refractivity contribution in [1.29, 1.82) is 0 Å². The van der Waals surface area contributed by atoms with Gasteiger partial charge in [0.2, 0.25) is 0 Å². The number of piperazine rings is 1. The normalized spacial score (nSPS) is 15.3. The monoisotopic (exact) mass is 423 g/mol. The van der Waals surface area contributed by atoms with E-state index in [2.05, 4.69) is 25.6 Å². The molecule has 0 atom stereocenters. The Morgan fingerprint density at radius 1 is 1.19 bits per heavy atom. The molecule has 0 bridgehead atoms. The second-order valence-electron chi connectivity index (χ2n) is 7.44. The fourth-order valence-corrected chi connectivity index (χ4v) is 3.55. The Hall–Kier alpha value is -3.53. The van der Waals surface area contributed by atoms with Crippen LogP contribution >= 0.6 is 0 Å². The van der Waals surface area contributed by atoms with Gasteiger partial charge in [-0.25, -0.2) is 0 Å². The fraction of sp³-hybridized carbons (Fsp3) is 0.381. The van der Waals surface area contributed by atoms with E-state index in [-0.39, 0.29) is 5.91 Å². The third-order valence-electron chi connectivity index (χ3n) is 5.19. The highest BCUT2D eigenvalue weighted by Gasteiger charge is 2.26. The Balaban J connectivity index is 1.51. The minimum Gasteiger partial charge on any atom is -0.497 e. The fourth-order valence-electron chi connectivity index (χ4n) is 3.55. The molecular weight excluding hydrogens is 398 g/mol. The van der Waals surface area contributed by atoms with Gasteiger partial charge in [-0.1, -0.05) is 17.3 Å². The molecule has 0 unspecified atom stereocenters. The molecular formula is C21H25N7O3. The number of hydrogen-bond acceptors (Lipinski definition) is 8. The van der Waals surface area contributed by atoms with Crippen LogP contribution in [0.3, 0.4) is 0 Å². The summed E-state index contributed by atoms with van der Waals surface area (Å²) < 4.78 is 11.9. The summed E-state index contributed by atoms with van der Waals surface area (Å²) in [5, 5.41) is 15.7. The number of benzene rings is 1. The first-order valence-electron chi connectivity index (χ1n) is 10.1. The number of carbonyl (C=O) groups excluding carboxylic acids is 1. The van der Waals surface area contributed by atoms with E-state index < -0.39 is 0 Å². The molecule has 10 nitrogen and oxygen atoms in total. The summed E-state index contributed by atoms with van der Waals surface area (Å²) in [6.45, 7) is 7.06. The zero-order valence-corrected chi connectivity index (χ0v) is 17.9. The Morgan fingerprint density at radius 2 is 2.00 bits per heavy atom. The molecule has 2 aromatic heterocycles. The number of aryl methyl sites for hydroxylation is 2. The second kappa shape index (κ2) is 9.09. The van der Waals surface area contributed by atoms with Gasteiger partial charge < -0.3 is 14.2 Å². The molecule has 10 heteroatoms. The number of aromatic nitrogens is 5. The Bertz CT molecular complexity index is 1080. The van der Waals surface area contributed by atoms with Gasteiger partial charge in [0.05, 0.1) is 12.8 Å². The number of ether oxygens (including phenoxy) is 1. The van der Waals surface area contributed by atoms with Crippen LogP contribution in [-0.2, 0) is 11.3 Å². The lowest BCUT2D eigenvalue weighted by Crippen LogP contribution is -2.49. The van der Waals surface area contributed by atoms with Crippen molar-refractivity contribution in [2.24, 2.45) is 0 Å². The second-order valence-corrected chi connectivity index (χ2v) is 7.44. The van der Waals surface area contributed by atoms with Crippen molar-refractivity contribution in [3.63, 3.8) is 0 Å². The molecule has 0 saturated carbocycles. The van der Waals surface area contributed by atoms with E-state index in [0.717, 1.165) is 30.1 Å². The standard InChI is InChI=1S/C21H25N7O3/c1-15-11-18(23-31-15)14-26-7-9-27(10-8-26)21(29)20(28-16(2)22-24-25-28)13-17-5-4-6-19(12-17)30-3/h4-6,11-13H,7-10,14H2,1-3H3/b20-13-. The van der Waals surface area contributed by atoms with Crippen molar-refractivity contribution >= 4 is 17.7 Å². The SMILES string of the molecule is COc1cccc(/C=C(/C(=O)N2CCN(Cc3cc(C)on3)CC2)n2nnnc2C)c1. The van der Waals surface area contributed by atoms with Crippen molar-refractivity contribution in [1.82, 2.24) is 35.2 Å². The lowest BCUT2D eigenvalue weighted by molar-refractivity contribution is -0.127. The van der Waals surface area contributed by atoms with E-state index >= 15 is 0 Å². The highest BCUT2D eigenvalue weighted by atomic mass is 16.5. The molecule has 0 aliphatic carbocycles. The Kier molecular flexibility index (Phi) is 6.08. The van der Waals surface area contributed by atoms with E-state index in [1.165, 1.54) is 4.68 Å². The van der Waals surface area contributed by atoms with Gasteiger partial charge in [0, 0.05) is 38.8 Å². The average Bonchev–Trinajstić information content (AvgIpc) is 3.40. The molecule has 1 aromatic carbocycles. The van der Waals surface area contributed by atoms with E-state index in [9.17, 15) is 4.79 Å². The summed E-state index contributed by atoms with van der Waals surface area (Å²) in [6.07, 6.45) is 1.79. The minimum atomic E-state index is -0.116. The van der Waals surface area contributed by atoms with Gasteiger partial charge in [-0.3, -0.25) is 9.69 Å². The van der Waals surface area contributed by atoms with Gasteiger partial charge in [-0.05, 0) is 48.0 Å². The number of amides is 1.